The van der Waals surface area contributed by atoms with Crippen LogP contribution in [0.2, 0.25) is 0 Å². The number of nitrogens with one attached hydrogen (secondary N) is 1. The van der Waals surface area contributed by atoms with Gasteiger partial charge in [0.05, 0.1) is 38.6 Å². The number of carbonyl (C=O) groups is 1. The molecular weight excluding hydrogens is 1080 g/mol. The molecule has 0 bridgehead atoms. The molecule has 3 saturated heterocycles. The topological polar surface area (TPSA) is 307 Å². The molecule has 84 heavy (non-hydrogen) atoms. The fraction of sp³-hybridized carbons (Fsp3) is 0.831. The predicted octanol–water partition coefficient (Wildman–Crippen LogP) is 7.21. The van der Waals surface area contributed by atoms with Crippen molar-refractivity contribution in [2.75, 3.05) is 26.4 Å². The minimum atomic E-state index is -1.98. The van der Waals surface area contributed by atoms with Gasteiger partial charge >= 0.3 is 0 Å². The molecule has 0 saturated carbocycles. The van der Waals surface area contributed by atoms with E-state index < -0.39 is 124 Å². The van der Waals surface area contributed by atoms with Crippen molar-refractivity contribution in [3.8, 4) is 0 Å². The maximum Gasteiger partial charge on any atom is 0.220 e. The van der Waals surface area contributed by atoms with Gasteiger partial charge in [0.15, 0.2) is 18.9 Å². The first-order chi connectivity index (χ1) is 40.8. The highest BCUT2D eigenvalue weighted by atomic mass is 16.8. The molecule has 0 aromatic carbocycles. The molecule has 0 spiro atoms. The molecule has 12 N–H and O–H groups in total. The number of unbranched alkanes of at least 4 members (excludes halogenated alkanes) is 24. The number of rotatable bonds is 48. The summed E-state index contributed by atoms with van der Waals surface area (Å²) in [5.41, 5.74) is 0. The molecule has 488 valence electrons. The summed E-state index contributed by atoms with van der Waals surface area (Å²) in [6.07, 6.45) is 29.1. The Morgan fingerprint density at radius 2 is 0.798 bits per heavy atom. The highest BCUT2D eigenvalue weighted by molar-refractivity contribution is 5.76. The van der Waals surface area contributed by atoms with Crippen LogP contribution in [0.1, 0.15) is 213 Å². The van der Waals surface area contributed by atoms with Gasteiger partial charge in [0.1, 0.15) is 73.2 Å². The summed E-state index contributed by atoms with van der Waals surface area (Å²) in [6.45, 7) is 1.68. The van der Waals surface area contributed by atoms with Gasteiger partial charge in [-0.05, 0) is 70.6 Å². The Kier molecular flexibility index (Phi) is 42.8. The van der Waals surface area contributed by atoms with Crippen LogP contribution in [-0.4, -0.2) is 193 Å². The van der Waals surface area contributed by atoms with Gasteiger partial charge in [-0.1, -0.05) is 197 Å². The standard InChI is InChI=1S/C65H115NO18/c1-3-5-7-9-11-13-15-17-19-21-22-23-24-25-26-27-29-31-33-35-37-39-41-43-53(71)66-48(49(70)42-40-38-36-34-32-30-28-20-18-16-14-12-10-8-6-4-2)47-79-63-59(77)56(74)61(51(45-68)81-63)84-65-60(78)57(75)62(52(46-69)82-65)83-64-58(76)55(73)54(72)50(44-67)80-64/h15,17,21-22,24-25,32,34,40,42,48-52,54-65,67-70,72-78H,3-14,16,18-20,23,26-31,33,35-39,41,43-47H2,1-2H3,(H,66,71)/b17-15-,22-21-,25-24-,34-32+,42-40+. The van der Waals surface area contributed by atoms with E-state index in [1.807, 2.05) is 6.08 Å². The smallest absolute Gasteiger partial charge is 0.220 e. The van der Waals surface area contributed by atoms with Crippen molar-refractivity contribution in [3.05, 3.63) is 60.8 Å². The highest BCUT2D eigenvalue weighted by Gasteiger charge is 2.53. The van der Waals surface area contributed by atoms with Gasteiger partial charge < -0.3 is 89.9 Å². The molecule has 0 aromatic rings. The molecule has 0 aromatic heterocycles. The summed E-state index contributed by atoms with van der Waals surface area (Å²) in [5, 5.41) is 120. The summed E-state index contributed by atoms with van der Waals surface area (Å²) >= 11 is 0. The van der Waals surface area contributed by atoms with E-state index >= 15 is 0 Å². The summed E-state index contributed by atoms with van der Waals surface area (Å²) in [7, 11) is 0. The highest BCUT2D eigenvalue weighted by Crippen LogP contribution is 2.33. The lowest BCUT2D eigenvalue weighted by Gasteiger charge is -2.48. The van der Waals surface area contributed by atoms with E-state index in [1.165, 1.54) is 116 Å². The summed E-state index contributed by atoms with van der Waals surface area (Å²) < 4.78 is 34.3. The zero-order valence-electron chi connectivity index (χ0n) is 51.1. The first kappa shape index (κ1) is 75.7. The van der Waals surface area contributed by atoms with E-state index in [0.717, 1.165) is 64.2 Å². The van der Waals surface area contributed by atoms with Crippen LogP contribution in [0.3, 0.4) is 0 Å². The van der Waals surface area contributed by atoms with Crippen molar-refractivity contribution < 1.29 is 89.4 Å². The van der Waals surface area contributed by atoms with Crippen LogP contribution < -0.4 is 5.32 Å². The third kappa shape index (κ3) is 30.1. The van der Waals surface area contributed by atoms with Gasteiger partial charge in [0.25, 0.3) is 0 Å². The molecule has 0 radical (unpaired) electrons. The van der Waals surface area contributed by atoms with Gasteiger partial charge in [-0.2, -0.15) is 0 Å². The second-order valence-electron chi connectivity index (χ2n) is 23.2. The molecule has 1 amide bonds. The Morgan fingerprint density at radius 3 is 1.27 bits per heavy atom. The molecule has 17 unspecified atom stereocenters. The van der Waals surface area contributed by atoms with E-state index in [4.69, 9.17) is 28.4 Å². The number of carbonyl (C=O) groups excluding carboxylic acids is 1. The van der Waals surface area contributed by atoms with Crippen LogP contribution in [0.15, 0.2) is 60.8 Å². The van der Waals surface area contributed by atoms with Crippen molar-refractivity contribution in [2.45, 2.75) is 317 Å². The minimum absolute atomic E-state index is 0.225. The van der Waals surface area contributed by atoms with Gasteiger partial charge in [-0.3, -0.25) is 4.79 Å². The molecule has 19 heteroatoms. The predicted molar refractivity (Wildman–Crippen MR) is 323 cm³/mol. The SMILES string of the molecule is CCCCCCC/C=C\C/C=C\C/C=C\CCCCCCCCCCC(=O)NC(COC1OC(CO)C(OC2OC(CO)C(OC3OC(CO)C(O)C(O)C3O)C(O)C2O)C(O)C1O)C(O)/C=C/CC/C=C/CCCCCCCCCCCC. The third-order valence-corrected chi connectivity index (χ3v) is 16.0. The zero-order chi connectivity index (χ0) is 61.2. The quantitative estimate of drug-likeness (QED) is 0.0211. The van der Waals surface area contributed by atoms with Crippen LogP contribution >= 0.6 is 0 Å². The van der Waals surface area contributed by atoms with Crippen molar-refractivity contribution in [3.63, 3.8) is 0 Å². The van der Waals surface area contributed by atoms with E-state index in [0.29, 0.717) is 12.8 Å². The van der Waals surface area contributed by atoms with E-state index in [1.54, 1.807) is 6.08 Å². The van der Waals surface area contributed by atoms with Crippen LogP contribution in [0.4, 0.5) is 0 Å². The number of aliphatic hydroxyl groups is 11. The summed E-state index contributed by atoms with van der Waals surface area (Å²) in [4.78, 5) is 13.4. The van der Waals surface area contributed by atoms with Crippen LogP contribution in [0.25, 0.3) is 0 Å². The molecule has 3 heterocycles. The van der Waals surface area contributed by atoms with Gasteiger partial charge in [-0.25, -0.2) is 0 Å². The average Bonchev–Trinajstić information content (AvgIpc) is 3.69. The van der Waals surface area contributed by atoms with Gasteiger partial charge in [-0.15, -0.1) is 0 Å². The maximum atomic E-state index is 13.4. The lowest BCUT2D eigenvalue weighted by Crippen LogP contribution is -2.66. The maximum absolute atomic E-state index is 13.4. The Balaban J connectivity index is 1.48. The number of amides is 1. The van der Waals surface area contributed by atoms with Crippen molar-refractivity contribution in [2.24, 2.45) is 0 Å². The Labute approximate surface area is 503 Å². The molecule has 19 nitrogen and oxygen atoms in total. The number of allylic oxidation sites excluding steroid dienone is 9. The fourth-order valence-corrected chi connectivity index (χ4v) is 10.7. The lowest BCUT2D eigenvalue weighted by atomic mass is 9.96. The third-order valence-electron chi connectivity index (χ3n) is 16.0. The molecule has 3 aliphatic rings. The largest absolute Gasteiger partial charge is 0.394 e. The van der Waals surface area contributed by atoms with E-state index in [2.05, 4.69) is 67.8 Å². The fourth-order valence-electron chi connectivity index (χ4n) is 10.7. The Hall–Kier alpha value is -2.51. The number of hydrogen-bond donors (Lipinski definition) is 12. The number of aliphatic hydroxyl groups excluding tert-OH is 11. The molecular formula is C65H115NO18. The normalized spacial score (nSPS) is 29.6. The molecule has 0 aliphatic carbocycles. The van der Waals surface area contributed by atoms with Crippen molar-refractivity contribution >= 4 is 5.91 Å². The molecule has 3 aliphatic heterocycles. The first-order valence-electron chi connectivity index (χ1n) is 32.5. The summed E-state index contributed by atoms with van der Waals surface area (Å²) in [6, 6.07) is -0.996. The second kappa shape index (κ2) is 47.5. The summed E-state index contributed by atoms with van der Waals surface area (Å²) in [5.74, 6) is -0.295. The van der Waals surface area contributed by atoms with E-state index in [9.17, 15) is 61.0 Å². The van der Waals surface area contributed by atoms with Crippen LogP contribution in [0, 0.1) is 0 Å². The molecule has 3 fully saturated rings. The minimum Gasteiger partial charge on any atom is -0.394 e. The van der Waals surface area contributed by atoms with E-state index in [-0.39, 0.29) is 18.9 Å². The van der Waals surface area contributed by atoms with Gasteiger partial charge in [0.2, 0.25) is 5.91 Å². The monoisotopic (exact) mass is 1200 g/mol. The number of hydrogen-bond acceptors (Lipinski definition) is 18. The van der Waals surface area contributed by atoms with Crippen molar-refractivity contribution in [1.82, 2.24) is 5.32 Å². The lowest BCUT2D eigenvalue weighted by molar-refractivity contribution is -0.379. The van der Waals surface area contributed by atoms with Gasteiger partial charge in [0, 0.05) is 6.42 Å². The number of ether oxygens (including phenoxy) is 6. The second-order valence-corrected chi connectivity index (χ2v) is 23.2. The average molecular weight is 1200 g/mol. The molecule has 3 rings (SSSR count). The first-order valence-corrected chi connectivity index (χ1v) is 32.5. The Morgan fingerprint density at radius 1 is 0.429 bits per heavy atom. The van der Waals surface area contributed by atoms with Crippen LogP contribution in [-0.2, 0) is 33.2 Å². The van der Waals surface area contributed by atoms with Crippen LogP contribution in [0.5, 0.6) is 0 Å². The van der Waals surface area contributed by atoms with Crippen molar-refractivity contribution in [1.29, 1.82) is 0 Å². The zero-order valence-corrected chi connectivity index (χ0v) is 51.1. The molecule has 17 atom stereocenters. The Bertz CT molecular complexity index is 1770.